The van der Waals surface area contributed by atoms with Crippen molar-refractivity contribution < 1.29 is 9.47 Å². The molecule has 4 N–H and O–H groups in total. The van der Waals surface area contributed by atoms with Gasteiger partial charge in [0.25, 0.3) is 0 Å². The largest absolute Gasteiger partial charge is 0.493 e. The number of nitrogens with zero attached hydrogens (tertiary/aromatic N) is 3. The van der Waals surface area contributed by atoms with E-state index in [1.54, 1.807) is 7.11 Å². The molecule has 0 amide bonds. The summed E-state index contributed by atoms with van der Waals surface area (Å²) in [6, 6.07) is 15.3. The third-order valence-electron chi connectivity index (χ3n) is 5.25. The minimum absolute atomic E-state index is 0.235. The molecule has 7 nitrogen and oxygen atoms in total. The van der Waals surface area contributed by atoms with Crippen molar-refractivity contribution >= 4 is 17.6 Å². The van der Waals surface area contributed by atoms with Crippen LogP contribution >= 0.6 is 0 Å². The van der Waals surface area contributed by atoms with E-state index in [9.17, 15) is 0 Å². The first-order valence-corrected chi connectivity index (χ1v) is 9.53. The molecule has 0 saturated heterocycles. The molecule has 7 heteroatoms. The molecule has 0 aromatic heterocycles. The van der Waals surface area contributed by atoms with Gasteiger partial charge in [0.1, 0.15) is 5.66 Å². The number of hydrogen-bond acceptors (Lipinski definition) is 7. The zero-order valence-corrected chi connectivity index (χ0v) is 16.0. The van der Waals surface area contributed by atoms with Crippen molar-refractivity contribution in [2.24, 2.45) is 21.5 Å². The first-order valence-electron chi connectivity index (χ1n) is 9.53. The SMILES string of the molecule is COc1ccccc1Oc1ccccc1N1C(N)=NC(N)=NC12CCCCC2. The smallest absolute Gasteiger partial charge is 0.220 e. The van der Waals surface area contributed by atoms with Gasteiger partial charge in [0.05, 0.1) is 12.8 Å². The number of methoxy groups -OCH3 is 1. The van der Waals surface area contributed by atoms with E-state index in [2.05, 4.69) is 4.99 Å². The van der Waals surface area contributed by atoms with Crippen LogP contribution in [0.2, 0.25) is 0 Å². The molecule has 1 heterocycles. The summed E-state index contributed by atoms with van der Waals surface area (Å²) >= 11 is 0. The predicted octanol–water partition coefficient (Wildman–Crippen LogP) is 3.60. The maximum absolute atomic E-state index is 6.36. The zero-order valence-electron chi connectivity index (χ0n) is 16.0. The second kappa shape index (κ2) is 7.42. The second-order valence-electron chi connectivity index (χ2n) is 7.04. The van der Waals surface area contributed by atoms with Crippen LogP contribution in [-0.2, 0) is 0 Å². The average molecular weight is 379 g/mol. The van der Waals surface area contributed by atoms with Gasteiger partial charge in [-0.25, -0.2) is 4.99 Å². The summed E-state index contributed by atoms with van der Waals surface area (Å²) in [5, 5.41) is 0. The van der Waals surface area contributed by atoms with Crippen LogP contribution in [0.15, 0.2) is 58.5 Å². The number of aliphatic imine (C=N–C) groups is 2. The molecule has 2 aliphatic rings. The van der Waals surface area contributed by atoms with E-state index in [4.69, 9.17) is 25.9 Å². The molecule has 2 aromatic rings. The maximum atomic E-state index is 6.36. The molecule has 1 aliphatic carbocycles. The summed E-state index contributed by atoms with van der Waals surface area (Å²) in [5.41, 5.74) is 12.6. The Bertz CT molecular complexity index is 919. The Kier molecular flexibility index (Phi) is 4.81. The summed E-state index contributed by atoms with van der Waals surface area (Å²) in [6.45, 7) is 0. The van der Waals surface area contributed by atoms with Gasteiger partial charge in [0.2, 0.25) is 11.9 Å². The molecule has 0 radical (unpaired) electrons. The van der Waals surface area contributed by atoms with E-state index in [1.807, 2.05) is 53.4 Å². The van der Waals surface area contributed by atoms with Crippen LogP contribution < -0.4 is 25.8 Å². The maximum Gasteiger partial charge on any atom is 0.220 e. The van der Waals surface area contributed by atoms with Crippen LogP contribution in [0.1, 0.15) is 32.1 Å². The fraction of sp³-hybridized carbons (Fsp3) is 0.333. The highest BCUT2D eigenvalue weighted by Crippen LogP contribution is 2.44. The number of rotatable bonds is 4. The lowest BCUT2D eigenvalue weighted by molar-refractivity contribution is 0.303. The van der Waals surface area contributed by atoms with Gasteiger partial charge < -0.3 is 20.9 Å². The Morgan fingerprint density at radius 1 is 0.893 bits per heavy atom. The topological polar surface area (TPSA) is 98.5 Å². The Morgan fingerprint density at radius 2 is 1.54 bits per heavy atom. The Morgan fingerprint density at radius 3 is 2.25 bits per heavy atom. The van der Waals surface area contributed by atoms with Gasteiger partial charge in [0.15, 0.2) is 17.2 Å². The lowest BCUT2D eigenvalue weighted by Gasteiger charge is -2.45. The lowest BCUT2D eigenvalue weighted by atomic mass is 9.87. The summed E-state index contributed by atoms with van der Waals surface area (Å²) in [4.78, 5) is 11.0. The molecule has 28 heavy (non-hydrogen) atoms. The van der Waals surface area contributed by atoms with Crippen molar-refractivity contribution in [3.63, 3.8) is 0 Å². The molecular formula is C21H25N5O2. The van der Waals surface area contributed by atoms with Gasteiger partial charge in [-0.2, -0.15) is 4.99 Å². The summed E-state index contributed by atoms with van der Waals surface area (Å²) in [7, 11) is 1.62. The van der Waals surface area contributed by atoms with Crippen molar-refractivity contribution in [1.82, 2.24) is 0 Å². The highest BCUT2D eigenvalue weighted by atomic mass is 16.5. The first-order chi connectivity index (χ1) is 13.6. The highest BCUT2D eigenvalue weighted by Gasteiger charge is 2.43. The Balaban J connectivity index is 1.77. The zero-order chi connectivity index (χ0) is 19.6. The van der Waals surface area contributed by atoms with E-state index in [1.165, 1.54) is 6.42 Å². The standard InChI is InChI=1S/C21H25N5O2/c1-27-17-11-5-6-12-18(17)28-16-10-4-3-9-15(16)26-20(23)24-19(22)25-21(26)13-7-2-8-14-21/h3-6,9-12H,2,7-8,13-14H2,1H3,(H4,22,23,24,25). The summed E-state index contributed by atoms with van der Waals surface area (Å²) < 4.78 is 11.7. The number of para-hydroxylation sites is 4. The lowest BCUT2D eigenvalue weighted by Crippen LogP contribution is -2.58. The van der Waals surface area contributed by atoms with E-state index >= 15 is 0 Å². The van der Waals surface area contributed by atoms with Crippen molar-refractivity contribution in [1.29, 1.82) is 0 Å². The number of hydrogen-bond donors (Lipinski definition) is 2. The van der Waals surface area contributed by atoms with Crippen LogP contribution in [0, 0.1) is 0 Å². The summed E-state index contributed by atoms with van der Waals surface area (Å²) in [6.07, 6.45) is 5.05. The molecular weight excluding hydrogens is 354 g/mol. The monoisotopic (exact) mass is 379 g/mol. The third kappa shape index (κ3) is 3.24. The minimum Gasteiger partial charge on any atom is -0.493 e. The molecule has 1 fully saturated rings. The van der Waals surface area contributed by atoms with Crippen molar-refractivity contribution in [3.8, 4) is 17.2 Å². The van der Waals surface area contributed by atoms with E-state index in [-0.39, 0.29) is 5.96 Å². The Labute approximate surface area is 164 Å². The van der Waals surface area contributed by atoms with Crippen LogP contribution in [0.25, 0.3) is 0 Å². The minimum atomic E-state index is -0.519. The second-order valence-corrected chi connectivity index (χ2v) is 7.04. The van der Waals surface area contributed by atoms with Crippen molar-refractivity contribution in [2.75, 3.05) is 12.0 Å². The Hall–Kier alpha value is -3.22. The normalized spacial score (nSPS) is 18.4. The molecule has 0 unspecified atom stereocenters. The summed E-state index contributed by atoms with van der Waals surface area (Å²) in [5.74, 6) is 2.52. The van der Waals surface area contributed by atoms with Crippen LogP contribution in [-0.4, -0.2) is 24.7 Å². The van der Waals surface area contributed by atoms with Gasteiger partial charge in [-0.15, -0.1) is 0 Å². The van der Waals surface area contributed by atoms with Crippen molar-refractivity contribution in [3.05, 3.63) is 48.5 Å². The average Bonchev–Trinajstić information content (AvgIpc) is 2.69. The fourth-order valence-electron chi connectivity index (χ4n) is 4.02. The molecule has 146 valence electrons. The van der Waals surface area contributed by atoms with Crippen molar-refractivity contribution in [2.45, 2.75) is 37.8 Å². The molecule has 2 aromatic carbocycles. The highest BCUT2D eigenvalue weighted by molar-refractivity contribution is 6.06. The quantitative estimate of drug-likeness (QED) is 0.846. The van der Waals surface area contributed by atoms with Crippen LogP contribution in [0.4, 0.5) is 5.69 Å². The van der Waals surface area contributed by atoms with Gasteiger partial charge in [-0.05, 0) is 49.9 Å². The van der Waals surface area contributed by atoms with Gasteiger partial charge in [0, 0.05) is 0 Å². The van der Waals surface area contributed by atoms with Crippen LogP contribution in [0.3, 0.4) is 0 Å². The number of ether oxygens (including phenoxy) is 2. The van der Waals surface area contributed by atoms with Crippen LogP contribution in [0.5, 0.6) is 17.2 Å². The van der Waals surface area contributed by atoms with E-state index < -0.39 is 5.66 Å². The third-order valence-corrected chi connectivity index (χ3v) is 5.25. The molecule has 0 atom stereocenters. The molecule has 1 spiro atoms. The fourth-order valence-corrected chi connectivity index (χ4v) is 4.02. The predicted molar refractivity (Wildman–Crippen MR) is 111 cm³/mol. The number of guanidine groups is 2. The van der Waals surface area contributed by atoms with E-state index in [0.29, 0.717) is 23.2 Å². The number of nitrogens with two attached hydrogens (primary N) is 2. The van der Waals surface area contributed by atoms with E-state index in [0.717, 1.165) is 31.4 Å². The number of benzene rings is 2. The van der Waals surface area contributed by atoms with Gasteiger partial charge in [-0.3, -0.25) is 4.90 Å². The first kappa shape index (κ1) is 18.2. The molecule has 0 bridgehead atoms. The molecule has 1 saturated carbocycles. The number of anilines is 1. The van der Waals surface area contributed by atoms with Gasteiger partial charge >= 0.3 is 0 Å². The molecule has 4 rings (SSSR count). The van der Waals surface area contributed by atoms with Gasteiger partial charge in [-0.1, -0.05) is 30.7 Å². The molecule has 1 aliphatic heterocycles.